The minimum absolute atomic E-state index is 0.0201. The molecule has 2 rings (SSSR count). The van der Waals surface area contributed by atoms with E-state index in [0.717, 1.165) is 5.56 Å². The molecule has 0 aliphatic carbocycles. The summed E-state index contributed by atoms with van der Waals surface area (Å²) in [5.74, 6) is 0.0690. The van der Waals surface area contributed by atoms with Gasteiger partial charge in [0.1, 0.15) is 11.8 Å². The molecule has 0 unspecified atom stereocenters. The molecule has 0 saturated carbocycles. The predicted octanol–water partition coefficient (Wildman–Crippen LogP) is 1.10. The third-order valence-electron chi connectivity index (χ3n) is 2.22. The van der Waals surface area contributed by atoms with Gasteiger partial charge < -0.3 is 11.5 Å². The Balaban J connectivity index is 2.47. The van der Waals surface area contributed by atoms with Gasteiger partial charge in [-0.05, 0) is 11.6 Å². The van der Waals surface area contributed by atoms with Crippen molar-refractivity contribution in [1.82, 2.24) is 15.2 Å². The average Bonchev–Trinajstić information content (AvgIpc) is 2.38. The fourth-order valence-corrected chi connectivity index (χ4v) is 1.41. The number of nitrogens with zero attached hydrogens (tertiary/aromatic N) is 4. The molecule has 18 heavy (non-hydrogen) atoms. The molecular weight excluding hydrogens is 228 g/mol. The summed E-state index contributed by atoms with van der Waals surface area (Å²) in [6.45, 7) is 0. The van der Waals surface area contributed by atoms with Crippen LogP contribution in [0.3, 0.4) is 0 Å². The number of aromatic nitrogens is 3. The van der Waals surface area contributed by atoms with Crippen LogP contribution in [0, 0.1) is 11.3 Å². The Bertz CT molecular complexity index is 627. The minimum atomic E-state index is -0.0201. The fourth-order valence-electron chi connectivity index (χ4n) is 1.41. The SMILES string of the molecule is N#C/C(=C\c1ccccc1)c1nnc(N)nc1N. The standard InChI is InChI=1S/C12H10N6/c13-7-9(6-8-4-2-1-3-5-8)10-11(14)16-12(15)18-17-10/h1-6H,(H4,14,15,16,18)/b9-6+. The topological polar surface area (TPSA) is 114 Å². The Labute approximate surface area is 104 Å². The van der Waals surface area contributed by atoms with Crippen molar-refractivity contribution < 1.29 is 0 Å². The normalized spacial score (nSPS) is 10.9. The number of nitriles is 1. The highest BCUT2D eigenvalue weighted by Crippen LogP contribution is 2.19. The van der Waals surface area contributed by atoms with E-state index < -0.39 is 0 Å². The third kappa shape index (κ3) is 2.41. The summed E-state index contributed by atoms with van der Waals surface area (Å²) in [5, 5.41) is 16.5. The van der Waals surface area contributed by atoms with E-state index in [1.54, 1.807) is 6.08 Å². The van der Waals surface area contributed by atoms with Gasteiger partial charge in [-0.1, -0.05) is 30.3 Å². The maximum Gasteiger partial charge on any atom is 0.242 e. The van der Waals surface area contributed by atoms with E-state index in [0.29, 0.717) is 5.57 Å². The second kappa shape index (κ2) is 4.93. The number of nitrogen functional groups attached to an aromatic ring is 2. The van der Waals surface area contributed by atoms with E-state index in [4.69, 9.17) is 16.7 Å². The van der Waals surface area contributed by atoms with Crippen molar-refractivity contribution in [2.75, 3.05) is 11.5 Å². The summed E-state index contributed by atoms with van der Waals surface area (Å²) in [6, 6.07) is 11.4. The van der Waals surface area contributed by atoms with Crippen LogP contribution in [0.15, 0.2) is 30.3 Å². The Hall–Kier alpha value is -2.94. The molecule has 0 atom stereocenters. The van der Waals surface area contributed by atoms with Crippen LogP contribution in [-0.4, -0.2) is 15.2 Å². The van der Waals surface area contributed by atoms with Crippen LogP contribution in [0.2, 0.25) is 0 Å². The van der Waals surface area contributed by atoms with E-state index in [9.17, 15) is 0 Å². The molecule has 1 aromatic carbocycles. The van der Waals surface area contributed by atoms with Crippen molar-refractivity contribution in [1.29, 1.82) is 5.26 Å². The molecule has 88 valence electrons. The van der Waals surface area contributed by atoms with Crippen LogP contribution in [-0.2, 0) is 0 Å². The van der Waals surface area contributed by atoms with Crippen molar-refractivity contribution >= 4 is 23.4 Å². The lowest BCUT2D eigenvalue weighted by Crippen LogP contribution is -2.06. The molecule has 1 aromatic heterocycles. The Morgan fingerprint density at radius 3 is 2.50 bits per heavy atom. The van der Waals surface area contributed by atoms with Gasteiger partial charge in [0.15, 0.2) is 5.82 Å². The van der Waals surface area contributed by atoms with Crippen LogP contribution in [0.25, 0.3) is 11.6 Å². The third-order valence-corrected chi connectivity index (χ3v) is 2.22. The molecule has 0 bridgehead atoms. The molecule has 1 heterocycles. The number of hydrogen-bond acceptors (Lipinski definition) is 6. The molecule has 6 nitrogen and oxygen atoms in total. The van der Waals surface area contributed by atoms with Gasteiger partial charge in [-0.15, -0.1) is 10.2 Å². The molecule has 4 N–H and O–H groups in total. The van der Waals surface area contributed by atoms with Crippen LogP contribution < -0.4 is 11.5 Å². The molecule has 0 fully saturated rings. The predicted molar refractivity (Wildman–Crippen MR) is 68.6 cm³/mol. The molecular formula is C12H10N6. The number of anilines is 2. The van der Waals surface area contributed by atoms with Crippen LogP contribution >= 0.6 is 0 Å². The number of hydrogen-bond donors (Lipinski definition) is 2. The maximum atomic E-state index is 9.13. The average molecular weight is 238 g/mol. The maximum absolute atomic E-state index is 9.13. The molecule has 2 aromatic rings. The Morgan fingerprint density at radius 1 is 1.17 bits per heavy atom. The first-order chi connectivity index (χ1) is 8.70. The first-order valence-electron chi connectivity index (χ1n) is 5.13. The second-order valence-electron chi connectivity index (χ2n) is 3.48. The highest BCUT2D eigenvalue weighted by molar-refractivity contribution is 5.91. The first-order valence-corrected chi connectivity index (χ1v) is 5.13. The lowest BCUT2D eigenvalue weighted by molar-refractivity contribution is 0.977. The minimum Gasteiger partial charge on any atom is -0.382 e. The van der Waals surface area contributed by atoms with Gasteiger partial charge in [0, 0.05) is 0 Å². The van der Waals surface area contributed by atoms with Crippen LogP contribution in [0.1, 0.15) is 11.3 Å². The van der Waals surface area contributed by atoms with Gasteiger partial charge in [-0.3, -0.25) is 0 Å². The summed E-state index contributed by atoms with van der Waals surface area (Å²) in [7, 11) is 0. The summed E-state index contributed by atoms with van der Waals surface area (Å²) in [6.07, 6.45) is 1.66. The molecule has 0 saturated heterocycles. The summed E-state index contributed by atoms with van der Waals surface area (Å²) in [5.41, 5.74) is 12.4. The lowest BCUT2D eigenvalue weighted by Gasteiger charge is -2.01. The van der Waals surface area contributed by atoms with E-state index in [1.807, 2.05) is 36.4 Å². The zero-order valence-electron chi connectivity index (χ0n) is 9.41. The highest BCUT2D eigenvalue weighted by Gasteiger charge is 2.10. The molecule has 0 amide bonds. The molecule has 0 aliphatic rings. The van der Waals surface area contributed by atoms with Crippen molar-refractivity contribution in [3.05, 3.63) is 41.6 Å². The van der Waals surface area contributed by atoms with Crippen molar-refractivity contribution in [3.8, 4) is 6.07 Å². The first kappa shape index (κ1) is 11.5. The van der Waals surface area contributed by atoms with Crippen molar-refractivity contribution in [2.24, 2.45) is 0 Å². The quantitative estimate of drug-likeness (QED) is 0.757. The van der Waals surface area contributed by atoms with Gasteiger partial charge in [-0.25, -0.2) is 0 Å². The van der Waals surface area contributed by atoms with E-state index in [1.165, 1.54) is 0 Å². The van der Waals surface area contributed by atoms with Gasteiger partial charge in [0.2, 0.25) is 5.95 Å². The molecule has 0 spiro atoms. The highest BCUT2D eigenvalue weighted by atomic mass is 15.2. The zero-order valence-corrected chi connectivity index (χ0v) is 9.41. The Morgan fingerprint density at radius 2 is 1.89 bits per heavy atom. The van der Waals surface area contributed by atoms with E-state index in [-0.39, 0.29) is 17.5 Å². The van der Waals surface area contributed by atoms with Crippen molar-refractivity contribution in [3.63, 3.8) is 0 Å². The molecule has 0 radical (unpaired) electrons. The number of allylic oxidation sites excluding steroid dienone is 1. The Kier molecular flexibility index (Phi) is 3.16. The number of nitrogens with two attached hydrogens (primary N) is 2. The molecule has 6 heteroatoms. The summed E-state index contributed by atoms with van der Waals surface area (Å²) in [4.78, 5) is 3.77. The van der Waals surface area contributed by atoms with Gasteiger partial charge in [0.05, 0.1) is 5.57 Å². The fraction of sp³-hybridized carbons (Fsp3) is 0. The second-order valence-corrected chi connectivity index (χ2v) is 3.48. The number of benzene rings is 1. The van der Waals surface area contributed by atoms with E-state index >= 15 is 0 Å². The lowest BCUT2D eigenvalue weighted by atomic mass is 10.1. The molecule has 0 aliphatic heterocycles. The van der Waals surface area contributed by atoms with Gasteiger partial charge in [0.25, 0.3) is 0 Å². The van der Waals surface area contributed by atoms with Gasteiger partial charge >= 0.3 is 0 Å². The summed E-state index contributed by atoms with van der Waals surface area (Å²) >= 11 is 0. The van der Waals surface area contributed by atoms with E-state index in [2.05, 4.69) is 15.2 Å². The monoisotopic (exact) mass is 238 g/mol. The van der Waals surface area contributed by atoms with Gasteiger partial charge in [-0.2, -0.15) is 10.2 Å². The van der Waals surface area contributed by atoms with Crippen molar-refractivity contribution in [2.45, 2.75) is 0 Å². The summed E-state index contributed by atoms with van der Waals surface area (Å²) < 4.78 is 0. The zero-order chi connectivity index (χ0) is 13.0. The van der Waals surface area contributed by atoms with Crippen LogP contribution in [0.5, 0.6) is 0 Å². The van der Waals surface area contributed by atoms with Crippen LogP contribution in [0.4, 0.5) is 11.8 Å². The number of rotatable bonds is 2. The largest absolute Gasteiger partial charge is 0.382 e. The smallest absolute Gasteiger partial charge is 0.242 e.